The number of hydrogen-bond donors (Lipinski definition) is 4. The summed E-state index contributed by atoms with van der Waals surface area (Å²) in [6, 6.07) is 7.80. The highest BCUT2D eigenvalue weighted by Gasteiger charge is 2.37. The first-order valence-electron chi connectivity index (χ1n) is 8.81. The molecule has 6 heteroatoms. The minimum absolute atomic E-state index is 0.00549. The number of nitrogens with zero attached hydrogens (tertiary/aromatic N) is 1. The summed E-state index contributed by atoms with van der Waals surface area (Å²) in [7, 11) is 0. The first kappa shape index (κ1) is 19.1. The van der Waals surface area contributed by atoms with Gasteiger partial charge in [0.05, 0.1) is 6.04 Å². The van der Waals surface area contributed by atoms with Gasteiger partial charge in [-0.25, -0.2) is 4.79 Å². The van der Waals surface area contributed by atoms with Crippen LogP contribution in [0.5, 0.6) is 0 Å². The van der Waals surface area contributed by atoms with Crippen LogP contribution >= 0.6 is 0 Å². The Hall–Kier alpha value is -2.21. The van der Waals surface area contributed by atoms with Crippen LogP contribution in [0.15, 0.2) is 30.5 Å². The van der Waals surface area contributed by atoms with Gasteiger partial charge < -0.3 is 21.6 Å². The van der Waals surface area contributed by atoms with Gasteiger partial charge in [0.15, 0.2) is 0 Å². The summed E-state index contributed by atoms with van der Waals surface area (Å²) in [5.41, 5.74) is 13.2. The van der Waals surface area contributed by atoms with Crippen molar-refractivity contribution < 1.29 is 9.90 Å². The van der Waals surface area contributed by atoms with E-state index in [0.29, 0.717) is 0 Å². The maximum atomic E-state index is 11.3. The van der Waals surface area contributed by atoms with Crippen molar-refractivity contribution in [2.75, 3.05) is 5.73 Å². The topological polar surface area (TPSA) is 108 Å². The van der Waals surface area contributed by atoms with Crippen LogP contribution < -0.4 is 11.5 Å². The molecule has 2 aromatic rings. The van der Waals surface area contributed by atoms with Gasteiger partial charge in [-0.1, -0.05) is 18.9 Å². The molecule has 0 spiro atoms. The zero-order valence-corrected chi connectivity index (χ0v) is 15.3. The average molecular weight is 346 g/mol. The van der Waals surface area contributed by atoms with Crippen molar-refractivity contribution in [1.82, 2.24) is 9.88 Å². The second-order valence-corrected chi connectivity index (χ2v) is 7.63. The van der Waals surface area contributed by atoms with Gasteiger partial charge in [0, 0.05) is 34.4 Å². The van der Waals surface area contributed by atoms with E-state index >= 15 is 0 Å². The van der Waals surface area contributed by atoms with Crippen LogP contribution in [0.25, 0.3) is 10.9 Å². The van der Waals surface area contributed by atoms with Crippen molar-refractivity contribution in [3.05, 3.63) is 30.5 Å². The third-order valence-electron chi connectivity index (χ3n) is 4.67. The predicted octanol–water partition coefficient (Wildman–Crippen LogP) is 3.78. The Morgan fingerprint density at radius 3 is 2.48 bits per heavy atom. The molecular formula is C19H30N4O2. The summed E-state index contributed by atoms with van der Waals surface area (Å²) in [4.78, 5) is 15.9. The summed E-state index contributed by atoms with van der Waals surface area (Å²) in [5.74, 6) is 0. The van der Waals surface area contributed by atoms with E-state index in [1.807, 2.05) is 51.2 Å². The van der Waals surface area contributed by atoms with Gasteiger partial charge in [-0.2, -0.15) is 0 Å². The molecule has 138 valence electrons. The maximum absolute atomic E-state index is 11.3. The zero-order chi connectivity index (χ0) is 18.6. The molecule has 2 atom stereocenters. The molecule has 6 N–H and O–H groups in total. The molecule has 3 rings (SSSR count). The second kappa shape index (κ2) is 7.78. The Bertz CT molecular complexity index is 705. The molecule has 6 nitrogen and oxygen atoms in total. The highest BCUT2D eigenvalue weighted by Crippen LogP contribution is 2.27. The molecule has 0 bridgehead atoms. The average Bonchev–Trinajstić information content (AvgIpc) is 2.98. The van der Waals surface area contributed by atoms with Crippen LogP contribution in [-0.4, -0.2) is 38.7 Å². The number of rotatable bonds is 1. The number of benzene rings is 1. The Morgan fingerprint density at radius 2 is 1.92 bits per heavy atom. The molecule has 1 aliphatic rings. The lowest BCUT2D eigenvalue weighted by atomic mass is 9.87. The fourth-order valence-electron chi connectivity index (χ4n) is 3.50. The van der Waals surface area contributed by atoms with E-state index in [0.717, 1.165) is 42.3 Å². The number of carboxylic acid groups (broad SMARTS) is 1. The van der Waals surface area contributed by atoms with Crippen LogP contribution in [0, 0.1) is 0 Å². The molecule has 1 aromatic carbocycles. The molecule has 0 radical (unpaired) electrons. The van der Waals surface area contributed by atoms with E-state index in [4.69, 9.17) is 11.5 Å². The molecule has 1 fully saturated rings. The highest BCUT2D eigenvalue weighted by atomic mass is 16.4. The largest absolute Gasteiger partial charge is 0.465 e. The number of aromatic amines is 1. The van der Waals surface area contributed by atoms with Crippen LogP contribution in [0.1, 0.15) is 46.5 Å². The minimum atomic E-state index is -0.857. The van der Waals surface area contributed by atoms with Gasteiger partial charge in [0.25, 0.3) is 0 Å². The number of nitrogens with one attached hydrogen (secondary N) is 1. The highest BCUT2D eigenvalue weighted by molar-refractivity contribution is 5.90. The number of nitrogens with two attached hydrogens (primary N) is 2. The zero-order valence-electron chi connectivity index (χ0n) is 15.3. The summed E-state index contributed by atoms with van der Waals surface area (Å²) in [6.07, 6.45) is 5.06. The molecule has 1 amide bonds. The van der Waals surface area contributed by atoms with Crippen LogP contribution in [0.4, 0.5) is 10.5 Å². The normalized spacial score (nSPS) is 20.6. The Balaban J connectivity index is 0.000000194. The van der Waals surface area contributed by atoms with Gasteiger partial charge in [0.2, 0.25) is 0 Å². The van der Waals surface area contributed by atoms with Crippen molar-refractivity contribution in [3.8, 4) is 0 Å². The lowest BCUT2D eigenvalue weighted by molar-refractivity contribution is 0.0491. The van der Waals surface area contributed by atoms with Crippen molar-refractivity contribution >= 4 is 22.7 Å². The monoisotopic (exact) mass is 346 g/mol. The number of H-pyrrole nitrogens is 1. The van der Waals surface area contributed by atoms with Gasteiger partial charge in [-0.15, -0.1) is 0 Å². The summed E-state index contributed by atoms with van der Waals surface area (Å²) in [5, 5.41) is 10.3. The van der Waals surface area contributed by atoms with Crippen molar-refractivity contribution in [2.24, 2.45) is 5.73 Å². The predicted molar refractivity (Wildman–Crippen MR) is 103 cm³/mol. The number of carbonyl (C=O) groups is 1. The molecular weight excluding hydrogens is 316 g/mol. The lowest BCUT2D eigenvalue weighted by Gasteiger charge is -2.44. The van der Waals surface area contributed by atoms with E-state index in [1.165, 1.54) is 4.90 Å². The molecule has 1 aliphatic carbocycles. The molecule has 1 heterocycles. The number of anilines is 1. The van der Waals surface area contributed by atoms with Gasteiger partial charge >= 0.3 is 6.09 Å². The number of nitrogen functional groups attached to an aromatic ring is 1. The Morgan fingerprint density at radius 1 is 1.24 bits per heavy atom. The van der Waals surface area contributed by atoms with Crippen molar-refractivity contribution in [1.29, 1.82) is 0 Å². The van der Waals surface area contributed by atoms with Crippen LogP contribution in [-0.2, 0) is 0 Å². The molecule has 0 saturated heterocycles. The van der Waals surface area contributed by atoms with E-state index in [2.05, 4.69) is 4.98 Å². The van der Waals surface area contributed by atoms with Gasteiger partial charge in [0.1, 0.15) is 0 Å². The van der Waals surface area contributed by atoms with E-state index in [-0.39, 0.29) is 17.6 Å². The van der Waals surface area contributed by atoms with E-state index < -0.39 is 6.09 Å². The third-order valence-corrected chi connectivity index (χ3v) is 4.67. The van der Waals surface area contributed by atoms with E-state index in [1.54, 1.807) is 0 Å². The first-order chi connectivity index (χ1) is 11.7. The number of hydrogen-bond acceptors (Lipinski definition) is 3. The van der Waals surface area contributed by atoms with Crippen molar-refractivity contribution in [3.63, 3.8) is 0 Å². The van der Waals surface area contributed by atoms with Crippen LogP contribution in [0.2, 0.25) is 0 Å². The minimum Gasteiger partial charge on any atom is -0.465 e. The van der Waals surface area contributed by atoms with Gasteiger partial charge in [-0.05, 0) is 51.8 Å². The fraction of sp³-hybridized carbons (Fsp3) is 0.526. The summed E-state index contributed by atoms with van der Waals surface area (Å²) < 4.78 is 0. The quantitative estimate of drug-likeness (QED) is 0.589. The summed E-state index contributed by atoms with van der Waals surface area (Å²) >= 11 is 0. The van der Waals surface area contributed by atoms with E-state index in [9.17, 15) is 9.90 Å². The summed E-state index contributed by atoms with van der Waals surface area (Å²) in [6.45, 7) is 5.76. The second-order valence-electron chi connectivity index (χ2n) is 7.63. The van der Waals surface area contributed by atoms with Gasteiger partial charge in [-0.3, -0.25) is 4.90 Å². The fourth-order valence-corrected chi connectivity index (χ4v) is 3.50. The Kier molecular flexibility index (Phi) is 5.95. The molecule has 25 heavy (non-hydrogen) atoms. The molecule has 1 aromatic heterocycles. The molecule has 0 aliphatic heterocycles. The first-order valence-corrected chi connectivity index (χ1v) is 8.81. The van der Waals surface area contributed by atoms with Crippen LogP contribution in [0.3, 0.4) is 0 Å². The number of fused-ring (bicyclic) bond motifs is 1. The number of amides is 1. The maximum Gasteiger partial charge on any atom is 0.408 e. The SMILES string of the molecule is CC(C)(C)N(C(=O)O)[C@H]1CCCC[C@H]1N.Nc1cccc2[nH]ccc12. The standard InChI is InChI=1S/C11H22N2O2.C8H8N2/c1-11(2,3)13(10(14)15)9-7-5-4-6-8(9)12;9-7-2-1-3-8-6(7)4-5-10-8/h8-9H,4-7,12H2,1-3H3,(H,14,15);1-5,10H,9H2/t8-,9+;/m1./s1. The lowest BCUT2D eigenvalue weighted by Crippen LogP contribution is -2.58. The molecule has 1 saturated carbocycles. The van der Waals surface area contributed by atoms with Crippen molar-refractivity contribution in [2.45, 2.75) is 64.1 Å². The smallest absolute Gasteiger partial charge is 0.408 e. The Labute approximate surface area is 149 Å². The molecule has 0 unspecified atom stereocenters. The third kappa shape index (κ3) is 4.66. The number of aromatic nitrogens is 1.